The van der Waals surface area contributed by atoms with E-state index in [1.54, 1.807) is 18.2 Å². The molecule has 2 N–H and O–H groups in total. The molecule has 0 aliphatic rings. The van der Waals surface area contributed by atoms with E-state index in [0.717, 1.165) is 16.9 Å². The van der Waals surface area contributed by atoms with E-state index < -0.39 is 10.8 Å². The lowest BCUT2D eigenvalue weighted by Crippen LogP contribution is -2.16. The molecule has 0 bridgehead atoms. The van der Waals surface area contributed by atoms with Crippen LogP contribution in [-0.4, -0.2) is 16.7 Å². The lowest BCUT2D eigenvalue weighted by Gasteiger charge is -2.10. The number of amides is 2. The van der Waals surface area contributed by atoms with Crippen molar-refractivity contribution in [3.05, 3.63) is 51.6 Å². The average Bonchev–Trinajstić information content (AvgIpc) is 2.86. The quantitative estimate of drug-likeness (QED) is 0.667. The number of aryl methyl sites for hydroxylation is 1. The van der Waals surface area contributed by atoms with E-state index in [1.165, 1.54) is 19.1 Å². The maximum Gasteiger partial charge on any atom is 0.326 e. The van der Waals surface area contributed by atoms with Gasteiger partial charge in [0, 0.05) is 13.0 Å². The second-order valence-electron chi connectivity index (χ2n) is 4.58. The Morgan fingerprint density at radius 3 is 2.50 bits per heavy atom. The van der Waals surface area contributed by atoms with Crippen molar-refractivity contribution < 1.29 is 14.5 Å². The molecular formula is C14H13N3O4S. The zero-order valence-corrected chi connectivity index (χ0v) is 12.7. The van der Waals surface area contributed by atoms with Crippen molar-refractivity contribution in [2.45, 2.75) is 13.8 Å². The molecular weight excluding hydrogens is 306 g/mol. The molecule has 2 rings (SSSR count). The van der Waals surface area contributed by atoms with Crippen LogP contribution in [0.25, 0.3) is 0 Å². The highest BCUT2D eigenvalue weighted by Crippen LogP contribution is 2.29. The van der Waals surface area contributed by atoms with Crippen LogP contribution in [0.4, 0.5) is 15.7 Å². The van der Waals surface area contributed by atoms with Crippen LogP contribution in [0.15, 0.2) is 30.3 Å². The minimum Gasteiger partial charge on any atom is -0.326 e. The highest BCUT2D eigenvalue weighted by Gasteiger charge is 2.16. The standard InChI is InChI=1S/C14H13N3O4S/c1-8-3-4-10(11(7-8)15-9(2)18)14(19)16-12-5-6-13(22-12)17(20)21/h3-7H,1-2H3,(H,15,18)(H,16,19). The van der Waals surface area contributed by atoms with E-state index in [0.29, 0.717) is 10.7 Å². The number of carbonyl (C=O) groups excluding carboxylic acids is 2. The summed E-state index contributed by atoms with van der Waals surface area (Å²) in [6.07, 6.45) is 0. The number of hydrogen-bond acceptors (Lipinski definition) is 5. The first kappa shape index (κ1) is 15.6. The largest absolute Gasteiger partial charge is 0.326 e. The third-order valence-electron chi connectivity index (χ3n) is 2.74. The zero-order chi connectivity index (χ0) is 16.3. The van der Waals surface area contributed by atoms with Crippen LogP contribution in [0.1, 0.15) is 22.8 Å². The van der Waals surface area contributed by atoms with Crippen molar-refractivity contribution in [3.63, 3.8) is 0 Å². The molecule has 0 saturated carbocycles. The normalized spacial score (nSPS) is 10.1. The topological polar surface area (TPSA) is 101 Å². The predicted molar refractivity (Wildman–Crippen MR) is 84.4 cm³/mol. The number of nitrogens with one attached hydrogen (secondary N) is 2. The minimum absolute atomic E-state index is 0.0544. The molecule has 0 saturated heterocycles. The monoisotopic (exact) mass is 319 g/mol. The molecule has 0 spiro atoms. The molecule has 0 unspecified atom stereocenters. The third kappa shape index (κ3) is 3.67. The summed E-state index contributed by atoms with van der Waals surface area (Å²) >= 11 is 0.869. The van der Waals surface area contributed by atoms with Crippen LogP contribution in [0.3, 0.4) is 0 Å². The van der Waals surface area contributed by atoms with Gasteiger partial charge in [0.15, 0.2) is 0 Å². The molecule has 0 atom stereocenters. The summed E-state index contributed by atoms with van der Waals surface area (Å²) in [5.74, 6) is -0.730. The maximum atomic E-state index is 12.3. The Bertz CT molecular complexity index is 754. The summed E-state index contributed by atoms with van der Waals surface area (Å²) in [7, 11) is 0. The SMILES string of the molecule is CC(=O)Nc1cc(C)ccc1C(=O)Nc1ccc([N+](=O)[O-])s1. The fourth-order valence-electron chi connectivity index (χ4n) is 1.82. The maximum absolute atomic E-state index is 12.3. The molecule has 0 radical (unpaired) electrons. The second-order valence-corrected chi connectivity index (χ2v) is 5.64. The highest BCUT2D eigenvalue weighted by atomic mass is 32.1. The Morgan fingerprint density at radius 2 is 1.91 bits per heavy atom. The molecule has 1 aromatic carbocycles. The van der Waals surface area contributed by atoms with E-state index in [9.17, 15) is 19.7 Å². The van der Waals surface area contributed by atoms with Crippen molar-refractivity contribution in [1.82, 2.24) is 0 Å². The Morgan fingerprint density at radius 1 is 1.18 bits per heavy atom. The Hall–Kier alpha value is -2.74. The Balaban J connectivity index is 2.24. The number of benzene rings is 1. The van der Waals surface area contributed by atoms with E-state index in [2.05, 4.69) is 10.6 Å². The fourth-order valence-corrected chi connectivity index (χ4v) is 2.54. The van der Waals surface area contributed by atoms with Gasteiger partial charge < -0.3 is 10.6 Å². The first-order valence-corrected chi connectivity index (χ1v) is 7.12. The number of carbonyl (C=O) groups is 2. The molecule has 1 aromatic heterocycles. The molecule has 1 heterocycles. The van der Waals surface area contributed by atoms with Crippen LogP contribution in [0.5, 0.6) is 0 Å². The lowest BCUT2D eigenvalue weighted by molar-refractivity contribution is -0.380. The number of anilines is 2. The van der Waals surface area contributed by atoms with Gasteiger partial charge in [-0.2, -0.15) is 0 Å². The van der Waals surface area contributed by atoms with E-state index in [1.807, 2.05) is 6.92 Å². The summed E-state index contributed by atoms with van der Waals surface area (Å²) in [6.45, 7) is 3.20. The molecule has 8 heteroatoms. The highest BCUT2D eigenvalue weighted by molar-refractivity contribution is 7.19. The first-order chi connectivity index (χ1) is 10.4. The molecule has 0 fully saturated rings. The summed E-state index contributed by atoms with van der Waals surface area (Å²) in [4.78, 5) is 33.6. The van der Waals surface area contributed by atoms with Gasteiger partial charge in [-0.15, -0.1) is 0 Å². The molecule has 7 nitrogen and oxygen atoms in total. The summed E-state index contributed by atoms with van der Waals surface area (Å²) < 4.78 is 0. The van der Waals surface area contributed by atoms with Crippen molar-refractivity contribution in [1.29, 1.82) is 0 Å². The van der Waals surface area contributed by atoms with Gasteiger partial charge in [0.25, 0.3) is 5.91 Å². The van der Waals surface area contributed by atoms with Crippen LogP contribution in [0.2, 0.25) is 0 Å². The number of thiophene rings is 1. The number of hydrogen-bond donors (Lipinski definition) is 2. The average molecular weight is 319 g/mol. The summed E-state index contributed by atoms with van der Waals surface area (Å²) in [5, 5.41) is 16.1. The van der Waals surface area contributed by atoms with E-state index in [4.69, 9.17) is 0 Å². The summed E-state index contributed by atoms with van der Waals surface area (Å²) in [6, 6.07) is 7.82. The van der Waals surface area contributed by atoms with Gasteiger partial charge in [-0.05, 0) is 42.0 Å². The van der Waals surface area contributed by atoms with Gasteiger partial charge in [-0.25, -0.2) is 0 Å². The number of nitro groups is 1. The van der Waals surface area contributed by atoms with Crippen molar-refractivity contribution in [2.24, 2.45) is 0 Å². The smallest absolute Gasteiger partial charge is 0.326 e. The molecule has 2 aromatic rings. The summed E-state index contributed by atoms with van der Waals surface area (Å²) in [5.41, 5.74) is 1.58. The van der Waals surface area contributed by atoms with Gasteiger partial charge in [-0.1, -0.05) is 6.07 Å². The van der Waals surface area contributed by atoms with Gasteiger partial charge in [-0.3, -0.25) is 19.7 Å². The van der Waals surface area contributed by atoms with Crippen molar-refractivity contribution in [2.75, 3.05) is 10.6 Å². The van der Waals surface area contributed by atoms with Gasteiger partial charge >= 0.3 is 5.00 Å². The third-order valence-corrected chi connectivity index (χ3v) is 3.69. The molecule has 0 aliphatic carbocycles. The van der Waals surface area contributed by atoms with Gasteiger partial charge in [0.2, 0.25) is 5.91 Å². The zero-order valence-electron chi connectivity index (χ0n) is 11.9. The lowest BCUT2D eigenvalue weighted by atomic mass is 10.1. The Labute approximate surface area is 130 Å². The first-order valence-electron chi connectivity index (χ1n) is 6.30. The van der Waals surface area contributed by atoms with Gasteiger partial charge in [0.1, 0.15) is 5.00 Å². The van der Waals surface area contributed by atoms with Crippen LogP contribution >= 0.6 is 11.3 Å². The molecule has 0 aliphatic heterocycles. The Kier molecular flexibility index (Phi) is 4.52. The minimum atomic E-state index is -0.519. The predicted octanol–water partition coefficient (Wildman–Crippen LogP) is 3.18. The molecule has 114 valence electrons. The van der Waals surface area contributed by atoms with Crippen LogP contribution in [-0.2, 0) is 4.79 Å². The second kappa shape index (κ2) is 6.35. The van der Waals surface area contributed by atoms with E-state index >= 15 is 0 Å². The number of rotatable bonds is 4. The van der Waals surface area contributed by atoms with Crippen molar-refractivity contribution in [3.8, 4) is 0 Å². The van der Waals surface area contributed by atoms with Crippen molar-refractivity contribution >= 4 is 38.8 Å². The van der Waals surface area contributed by atoms with Crippen LogP contribution < -0.4 is 10.6 Å². The number of nitrogens with zero attached hydrogens (tertiary/aromatic N) is 1. The van der Waals surface area contributed by atoms with E-state index in [-0.39, 0.29) is 16.5 Å². The molecule has 2 amide bonds. The van der Waals surface area contributed by atoms with Gasteiger partial charge in [0.05, 0.1) is 16.2 Å². The molecule has 22 heavy (non-hydrogen) atoms. The fraction of sp³-hybridized carbons (Fsp3) is 0.143. The van der Waals surface area contributed by atoms with Crippen LogP contribution in [0, 0.1) is 17.0 Å².